The molecular weight excluding hydrogens is 358 g/mol. The van der Waals surface area contributed by atoms with Crippen LogP contribution in [0.15, 0.2) is 34.2 Å². The maximum absolute atomic E-state index is 12.0. The number of aliphatic imine (C=N–C) groups is 1. The van der Waals surface area contributed by atoms with Gasteiger partial charge in [-0.3, -0.25) is 14.5 Å². The molecule has 0 saturated carbocycles. The van der Waals surface area contributed by atoms with E-state index in [1.54, 1.807) is 18.2 Å². The first kappa shape index (κ1) is 19.9. The van der Waals surface area contributed by atoms with Crippen molar-refractivity contribution >= 4 is 27.7 Å². The molecule has 0 bridgehead atoms. The van der Waals surface area contributed by atoms with Gasteiger partial charge in [0.25, 0.3) is 15.9 Å². The number of nitrogens with zero attached hydrogens (tertiary/aromatic N) is 1. The number of ether oxygens (including phenoxy) is 1. The summed E-state index contributed by atoms with van der Waals surface area (Å²) in [5.74, 6) is -0.538. The zero-order valence-electron chi connectivity index (χ0n) is 15.0. The van der Waals surface area contributed by atoms with Crippen molar-refractivity contribution in [3.63, 3.8) is 0 Å². The number of sulfonamides is 1. The fraction of sp³-hybridized carbons (Fsp3) is 0.471. The average Bonchev–Trinajstić information content (AvgIpc) is 2.83. The lowest BCUT2D eigenvalue weighted by Crippen LogP contribution is -2.32. The number of amidine groups is 1. The molecular formula is C17H23N3O5S. The van der Waals surface area contributed by atoms with E-state index in [9.17, 15) is 18.0 Å². The molecule has 0 unspecified atom stereocenters. The molecule has 1 heterocycles. The molecule has 0 aromatic heterocycles. The summed E-state index contributed by atoms with van der Waals surface area (Å²) < 4.78 is 31.3. The molecule has 1 aliphatic heterocycles. The Bertz CT molecular complexity index is 817. The molecule has 1 aromatic rings. The molecule has 0 fully saturated rings. The Labute approximate surface area is 153 Å². The summed E-state index contributed by atoms with van der Waals surface area (Å²) in [6, 6.07) is 5.40. The number of nitrogens with one attached hydrogen (secondary N) is 2. The highest BCUT2D eigenvalue weighted by molar-refractivity contribution is 7.90. The zero-order valence-corrected chi connectivity index (χ0v) is 15.8. The molecule has 1 aromatic carbocycles. The van der Waals surface area contributed by atoms with E-state index in [2.05, 4.69) is 15.0 Å². The molecule has 2 N–H and O–H groups in total. The minimum atomic E-state index is -3.67. The summed E-state index contributed by atoms with van der Waals surface area (Å²) in [5, 5.41) is 2.66. The van der Waals surface area contributed by atoms with E-state index in [4.69, 9.17) is 4.74 Å². The second-order valence-electron chi connectivity index (χ2n) is 6.40. The second kappa shape index (κ2) is 8.31. The topological polar surface area (TPSA) is 114 Å². The molecule has 9 heteroatoms. The van der Waals surface area contributed by atoms with Crippen LogP contribution in [0.3, 0.4) is 0 Å². The van der Waals surface area contributed by atoms with Gasteiger partial charge in [-0.2, -0.15) is 0 Å². The lowest BCUT2D eigenvalue weighted by atomic mass is 10.1. The maximum atomic E-state index is 12.0. The van der Waals surface area contributed by atoms with E-state index in [-0.39, 0.29) is 16.6 Å². The third-order valence-electron chi connectivity index (χ3n) is 3.72. The molecule has 142 valence electrons. The lowest BCUT2D eigenvalue weighted by Gasteiger charge is -2.10. The lowest BCUT2D eigenvalue weighted by molar-refractivity contribution is -0.149. The number of benzene rings is 1. The van der Waals surface area contributed by atoms with Crippen molar-refractivity contribution in [1.29, 1.82) is 0 Å². The van der Waals surface area contributed by atoms with Crippen molar-refractivity contribution in [2.75, 3.05) is 13.2 Å². The summed E-state index contributed by atoms with van der Waals surface area (Å²) in [7, 11) is -3.67. The van der Waals surface area contributed by atoms with E-state index in [1.807, 2.05) is 13.8 Å². The Balaban J connectivity index is 1.93. The van der Waals surface area contributed by atoms with E-state index in [1.165, 1.54) is 13.0 Å². The number of carbonyl (C=O) groups excluding carboxylic acids is 2. The predicted octanol–water partition coefficient (Wildman–Crippen LogP) is 0.819. The van der Waals surface area contributed by atoms with E-state index < -0.39 is 28.6 Å². The van der Waals surface area contributed by atoms with Crippen molar-refractivity contribution < 1.29 is 22.7 Å². The van der Waals surface area contributed by atoms with Gasteiger partial charge in [-0.05, 0) is 31.4 Å². The first-order chi connectivity index (χ1) is 12.2. The first-order valence-corrected chi connectivity index (χ1v) is 9.82. The monoisotopic (exact) mass is 381 g/mol. The fourth-order valence-corrected chi connectivity index (χ4v) is 3.52. The minimum Gasteiger partial charge on any atom is -0.454 e. The minimum absolute atomic E-state index is 0.0893. The predicted molar refractivity (Wildman–Crippen MR) is 96.2 cm³/mol. The molecule has 0 saturated heterocycles. The smallest absolute Gasteiger partial charge is 0.331 e. The SMILES string of the molecule is CC(C)CCNC(=O)COC(=O)[C@H](C)N=C1NS(=O)(=O)c2ccccc21. The Kier molecular flexibility index (Phi) is 6.36. The summed E-state index contributed by atoms with van der Waals surface area (Å²) in [6.07, 6.45) is 0.837. The van der Waals surface area contributed by atoms with Crippen LogP contribution in [0.25, 0.3) is 0 Å². The normalized spacial score (nSPS) is 17.5. The van der Waals surface area contributed by atoms with Gasteiger partial charge in [-0.1, -0.05) is 26.0 Å². The van der Waals surface area contributed by atoms with Gasteiger partial charge in [0.15, 0.2) is 6.61 Å². The van der Waals surface area contributed by atoms with Gasteiger partial charge in [-0.15, -0.1) is 0 Å². The van der Waals surface area contributed by atoms with E-state index in [0.717, 1.165) is 6.42 Å². The van der Waals surface area contributed by atoms with Crippen LogP contribution < -0.4 is 10.0 Å². The molecule has 8 nitrogen and oxygen atoms in total. The van der Waals surface area contributed by atoms with Crippen LogP contribution in [0.5, 0.6) is 0 Å². The third kappa shape index (κ3) is 5.04. The number of hydrogen-bond donors (Lipinski definition) is 2. The van der Waals surface area contributed by atoms with Crippen LogP contribution in [0.2, 0.25) is 0 Å². The number of fused-ring (bicyclic) bond motifs is 1. The van der Waals surface area contributed by atoms with E-state index in [0.29, 0.717) is 18.0 Å². The van der Waals surface area contributed by atoms with Crippen LogP contribution >= 0.6 is 0 Å². The summed E-state index contributed by atoms with van der Waals surface area (Å²) in [5.41, 5.74) is 0.401. The van der Waals surface area contributed by atoms with Crippen molar-refractivity contribution in [1.82, 2.24) is 10.0 Å². The van der Waals surface area contributed by atoms with Crippen LogP contribution in [0.4, 0.5) is 0 Å². The van der Waals surface area contributed by atoms with Gasteiger partial charge in [0, 0.05) is 12.1 Å². The number of carbonyl (C=O) groups is 2. The Hall–Kier alpha value is -2.42. The molecule has 1 atom stereocenters. The third-order valence-corrected chi connectivity index (χ3v) is 5.11. The van der Waals surface area contributed by atoms with Crippen LogP contribution in [-0.4, -0.2) is 45.3 Å². The summed E-state index contributed by atoms with van der Waals surface area (Å²) in [4.78, 5) is 27.8. The van der Waals surface area contributed by atoms with Crippen molar-refractivity contribution in [3.05, 3.63) is 29.8 Å². The largest absolute Gasteiger partial charge is 0.454 e. The van der Waals surface area contributed by atoms with Crippen LogP contribution in [-0.2, 0) is 24.3 Å². The first-order valence-electron chi connectivity index (χ1n) is 8.34. The van der Waals surface area contributed by atoms with Gasteiger partial charge < -0.3 is 10.1 Å². The van der Waals surface area contributed by atoms with E-state index >= 15 is 0 Å². The Morgan fingerprint density at radius 1 is 1.23 bits per heavy atom. The van der Waals surface area contributed by atoms with Crippen molar-refractivity contribution in [2.24, 2.45) is 10.9 Å². The number of esters is 1. The second-order valence-corrected chi connectivity index (χ2v) is 8.05. The Morgan fingerprint density at radius 2 is 1.92 bits per heavy atom. The van der Waals surface area contributed by atoms with Gasteiger partial charge >= 0.3 is 5.97 Å². The zero-order chi connectivity index (χ0) is 19.3. The van der Waals surface area contributed by atoms with Gasteiger partial charge in [0.2, 0.25) is 0 Å². The van der Waals surface area contributed by atoms with Gasteiger partial charge in [0.05, 0.1) is 4.90 Å². The van der Waals surface area contributed by atoms with Crippen molar-refractivity contribution in [3.8, 4) is 0 Å². The van der Waals surface area contributed by atoms with Crippen molar-refractivity contribution in [2.45, 2.75) is 38.1 Å². The quantitative estimate of drug-likeness (QED) is 0.679. The molecule has 2 rings (SSSR count). The molecule has 0 spiro atoms. The molecule has 26 heavy (non-hydrogen) atoms. The average molecular weight is 381 g/mol. The number of rotatable bonds is 7. The highest BCUT2D eigenvalue weighted by atomic mass is 32.2. The molecule has 0 radical (unpaired) electrons. The molecule has 1 aliphatic rings. The van der Waals surface area contributed by atoms with Crippen LogP contribution in [0.1, 0.15) is 32.8 Å². The van der Waals surface area contributed by atoms with Crippen LogP contribution in [0, 0.1) is 5.92 Å². The molecule has 0 aliphatic carbocycles. The maximum Gasteiger partial charge on any atom is 0.331 e. The highest BCUT2D eigenvalue weighted by Gasteiger charge is 2.31. The standard InChI is InChI=1S/C17H23N3O5S/c1-11(2)8-9-18-15(21)10-25-17(22)12(3)19-16-13-6-4-5-7-14(13)26(23,24)20-16/h4-7,11-12H,8-10H2,1-3H3,(H,18,21)(H,19,20)/t12-/m0/s1. The summed E-state index contributed by atoms with van der Waals surface area (Å²) in [6.45, 7) is 5.69. The summed E-state index contributed by atoms with van der Waals surface area (Å²) >= 11 is 0. The van der Waals surface area contributed by atoms with Gasteiger partial charge in [0.1, 0.15) is 11.9 Å². The fourth-order valence-electron chi connectivity index (χ4n) is 2.28. The number of amides is 1. The Morgan fingerprint density at radius 3 is 2.62 bits per heavy atom. The number of hydrogen-bond acceptors (Lipinski definition) is 6. The van der Waals surface area contributed by atoms with Gasteiger partial charge in [-0.25, -0.2) is 13.2 Å². The highest BCUT2D eigenvalue weighted by Crippen LogP contribution is 2.22. The molecule has 1 amide bonds.